The predicted molar refractivity (Wildman–Crippen MR) is 114 cm³/mol. The van der Waals surface area contributed by atoms with Gasteiger partial charge in [-0.2, -0.15) is 10.5 Å². The van der Waals surface area contributed by atoms with Gasteiger partial charge in [-0.3, -0.25) is 0 Å². The van der Waals surface area contributed by atoms with Crippen LogP contribution in [0.25, 0.3) is 21.9 Å². The van der Waals surface area contributed by atoms with E-state index in [1.165, 1.54) is 0 Å². The van der Waals surface area contributed by atoms with Crippen molar-refractivity contribution in [2.45, 2.75) is 20.0 Å². The minimum absolute atomic E-state index is 0.0795. The van der Waals surface area contributed by atoms with E-state index in [1.54, 1.807) is 12.1 Å². The first-order chi connectivity index (χ1) is 14.1. The Labute approximate surface area is 168 Å². The highest BCUT2D eigenvalue weighted by Crippen LogP contribution is 2.50. The summed E-state index contributed by atoms with van der Waals surface area (Å²) in [7, 11) is 1.96. The van der Waals surface area contributed by atoms with Crippen LogP contribution < -0.4 is 9.80 Å². The van der Waals surface area contributed by atoms with E-state index >= 15 is 0 Å². The van der Waals surface area contributed by atoms with Crippen molar-refractivity contribution in [1.29, 1.82) is 10.5 Å². The van der Waals surface area contributed by atoms with E-state index in [2.05, 4.69) is 47.1 Å². The second-order valence-electron chi connectivity index (χ2n) is 7.40. The third-order valence-electron chi connectivity index (χ3n) is 5.88. The molecule has 140 valence electrons. The van der Waals surface area contributed by atoms with E-state index in [4.69, 9.17) is 4.42 Å². The molecule has 0 amide bonds. The van der Waals surface area contributed by atoms with Crippen LogP contribution in [0.5, 0.6) is 0 Å². The maximum atomic E-state index is 9.80. The Morgan fingerprint density at radius 3 is 2.28 bits per heavy atom. The number of nitrogens with zero attached hydrogens (tertiary/aromatic N) is 4. The van der Waals surface area contributed by atoms with Crippen molar-refractivity contribution >= 4 is 39.0 Å². The SMILES string of the molecule is Cc1ccc2c(oc3ccccc32)c1N1c2c(C#N)ccc(C#N)c2N(C)[C@@H]1C. The first-order valence-electron chi connectivity index (χ1n) is 9.47. The summed E-state index contributed by atoms with van der Waals surface area (Å²) in [6.45, 7) is 4.12. The molecule has 1 aliphatic rings. The van der Waals surface area contributed by atoms with Gasteiger partial charge in [-0.05, 0) is 37.6 Å². The molecule has 0 spiro atoms. The lowest BCUT2D eigenvalue weighted by Crippen LogP contribution is -2.36. The van der Waals surface area contributed by atoms with Gasteiger partial charge in [0.15, 0.2) is 5.58 Å². The number of benzene rings is 3. The Balaban J connectivity index is 1.89. The molecule has 0 fully saturated rings. The zero-order valence-electron chi connectivity index (χ0n) is 16.4. The van der Waals surface area contributed by atoms with Crippen molar-refractivity contribution in [3.05, 3.63) is 65.2 Å². The summed E-state index contributed by atoms with van der Waals surface area (Å²) in [6, 6.07) is 20.2. The zero-order chi connectivity index (χ0) is 20.3. The molecule has 0 N–H and O–H groups in total. The van der Waals surface area contributed by atoms with Crippen LogP contribution in [-0.2, 0) is 0 Å². The van der Waals surface area contributed by atoms with Gasteiger partial charge in [-0.1, -0.05) is 30.3 Å². The first kappa shape index (κ1) is 17.2. The van der Waals surface area contributed by atoms with Crippen LogP contribution in [-0.4, -0.2) is 13.2 Å². The Morgan fingerprint density at radius 2 is 1.55 bits per heavy atom. The number of rotatable bonds is 1. The van der Waals surface area contributed by atoms with Gasteiger partial charge < -0.3 is 14.2 Å². The lowest BCUT2D eigenvalue weighted by Gasteiger charge is -2.29. The maximum Gasteiger partial charge on any atom is 0.159 e. The van der Waals surface area contributed by atoms with Crippen molar-refractivity contribution in [3.8, 4) is 12.1 Å². The van der Waals surface area contributed by atoms with E-state index < -0.39 is 0 Å². The Bertz CT molecular complexity index is 1390. The van der Waals surface area contributed by atoms with Crippen molar-refractivity contribution in [2.75, 3.05) is 16.8 Å². The van der Waals surface area contributed by atoms with E-state index in [1.807, 2.05) is 32.2 Å². The second kappa shape index (κ2) is 6.02. The molecule has 5 nitrogen and oxygen atoms in total. The fourth-order valence-corrected chi connectivity index (χ4v) is 4.38. The molecule has 5 heteroatoms. The van der Waals surface area contributed by atoms with Gasteiger partial charge in [0, 0.05) is 17.8 Å². The summed E-state index contributed by atoms with van der Waals surface area (Å²) in [5, 5.41) is 21.6. The van der Waals surface area contributed by atoms with E-state index in [0.29, 0.717) is 11.1 Å². The normalized spacial score (nSPS) is 15.6. The van der Waals surface area contributed by atoms with Gasteiger partial charge in [0.1, 0.15) is 23.9 Å². The maximum absolute atomic E-state index is 9.80. The molecule has 1 aromatic heterocycles. The Morgan fingerprint density at radius 1 is 0.862 bits per heavy atom. The number of nitriles is 2. The molecule has 4 aromatic rings. The van der Waals surface area contributed by atoms with E-state index in [0.717, 1.165) is 44.6 Å². The molecule has 0 aliphatic carbocycles. The van der Waals surface area contributed by atoms with Crippen LogP contribution in [0.15, 0.2) is 52.9 Å². The van der Waals surface area contributed by atoms with Gasteiger partial charge in [0.25, 0.3) is 0 Å². The van der Waals surface area contributed by atoms with Crippen LogP contribution >= 0.6 is 0 Å². The number of anilines is 3. The summed E-state index contributed by atoms with van der Waals surface area (Å²) >= 11 is 0. The Hall–Kier alpha value is -3.96. The van der Waals surface area contributed by atoms with E-state index in [9.17, 15) is 10.5 Å². The number of fused-ring (bicyclic) bond motifs is 4. The van der Waals surface area contributed by atoms with Crippen molar-refractivity contribution in [1.82, 2.24) is 0 Å². The molecule has 5 rings (SSSR count). The molecular formula is C24H18N4O. The largest absolute Gasteiger partial charge is 0.454 e. The first-order valence-corrected chi connectivity index (χ1v) is 9.47. The standard InChI is InChI=1S/C24H18N4O/c1-14-8-11-19-18-6-4-5-7-20(18)29-24(19)21(14)28-15(2)27(3)22-16(12-25)9-10-17(13-26)23(22)28/h4-11,15H,1-3H3/t15-/m0/s1. The van der Waals surface area contributed by atoms with E-state index in [-0.39, 0.29) is 6.17 Å². The lowest BCUT2D eigenvalue weighted by atomic mass is 10.0. The number of para-hydroxylation sites is 1. The summed E-state index contributed by atoms with van der Waals surface area (Å²) in [5.41, 5.74) is 6.27. The summed E-state index contributed by atoms with van der Waals surface area (Å²) < 4.78 is 6.30. The average Bonchev–Trinajstić information content (AvgIpc) is 3.24. The molecule has 2 heterocycles. The van der Waals surface area contributed by atoms with Crippen molar-refractivity contribution in [2.24, 2.45) is 0 Å². The quantitative estimate of drug-likeness (QED) is 0.433. The highest BCUT2D eigenvalue weighted by Gasteiger charge is 2.38. The highest BCUT2D eigenvalue weighted by molar-refractivity contribution is 6.11. The molecule has 1 atom stereocenters. The minimum atomic E-state index is -0.0795. The minimum Gasteiger partial charge on any atom is -0.454 e. The molecule has 0 bridgehead atoms. The lowest BCUT2D eigenvalue weighted by molar-refractivity contribution is 0.661. The number of hydrogen-bond donors (Lipinski definition) is 0. The number of aryl methyl sites for hydroxylation is 1. The molecular weight excluding hydrogens is 360 g/mol. The van der Waals surface area contributed by atoms with Gasteiger partial charge >= 0.3 is 0 Å². The monoisotopic (exact) mass is 378 g/mol. The number of hydrogen-bond acceptors (Lipinski definition) is 5. The topological polar surface area (TPSA) is 67.2 Å². The molecule has 0 unspecified atom stereocenters. The molecule has 0 saturated carbocycles. The molecule has 1 aliphatic heterocycles. The third kappa shape index (κ3) is 2.19. The average molecular weight is 378 g/mol. The summed E-state index contributed by atoms with van der Waals surface area (Å²) in [4.78, 5) is 4.18. The highest BCUT2D eigenvalue weighted by atomic mass is 16.3. The van der Waals surface area contributed by atoms with Gasteiger partial charge in [-0.15, -0.1) is 0 Å². The fourth-order valence-electron chi connectivity index (χ4n) is 4.38. The van der Waals surface area contributed by atoms with Crippen LogP contribution in [0.1, 0.15) is 23.6 Å². The predicted octanol–water partition coefficient (Wildman–Crippen LogP) is 5.57. The van der Waals surface area contributed by atoms with Gasteiger partial charge in [-0.25, -0.2) is 0 Å². The van der Waals surface area contributed by atoms with Gasteiger partial charge in [0.2, 0.25) is 0 Å². The smallest absolute Gasteiger partial charge is 0.159 e. The second-order valence-corrected chi connectivity index (χ2v) is 7.40. The summed E-state index contributed by atoms with van der Waals surface area (Å²) in [5.74, 6) is 0. The molecule has 0 saturated heterocycles. The fraction of sp³-hybridized carbons (Fsp3) is 0.167. The van der Waals surface area contributed by atoms with Crippen LogP contribution in [0.4, 0.5) is 17.1 Å². The van der Waals surface area contributed by atoms with Crippen LogP contribution in [0.2, 0.25) is 0 Å². The zero-order valence-corrected chi connectivity index (χ0v) is 16.4. The van der Waals surface area contributed by atoms with Crippen LogP contribution in [0.3, 0.4) is 0 Å². The van der Waals surface area contributed by atoms with Crippen LogP contribution in [0, 0.1) is 29.6 Å². The number of furan rings is 1. The van der Waals surface area contributed by atoms with Gasteiger partial charge in [0.05, 0.1) is 28.2 Å². The van der Waals surface area contributed by atoms with Crippen molar-refractivity contribution in [3.63, 3.8) is 0 Å². The van der Waals surface area contributed by atoms with Crippen molar-refractivity contribution < 1.29 is 4.42 Å². The summed E-state index contributed by atoms with van der Waals surface area (Å²) in [6.07, 6.45) is -0.0795. The third-order valence-corrected chi connectivity index (χ3v) is 5.88. The molecule has 3 aromatic carbocycles. The Kier molecular flexibility index (Phi) is 3.56. The molecule has 29 heavy (non-hydrogen) atoms. The molecule has 0 radical (unpaired) electrons.